The summed E-state index contributed by atoms with van der Waals surface area (Å²) in [5, 5.41) is 5.24. The predicted octanol–water partition coefficient (Wildman–Crippen LogP) is 6.23. The quantitative estimate of drug-likeness (QED) is 0.206. The predicted molar refractivity (Wildman–Crippen MR) is 172 cm³/mol. The molecule has 0 atom stereocenters. The van der Waals surface area contributed by atoms with Gasteiger partial charge < -0.3 is 28.7 Å². The van der Waals surface area contributed by atoms with Gasteiger partial charge in [-0.1, -0.05) is 19.4 Å². The molecule has 8 nitrogen and oxygen atoms in total. The topological polar surface area (TPSA) is 60.7 Å². The van der Waals surface area contributed by atoms with Crippen LogP contribution in [0.25, 0.3) is 16.8 Å². The van der Waals surface area contributed by atoms with Crippen molar-refractivity contribution >= 4 is 11.2 Å². The number of pyridine rings is 1. The van der Waals surface area contributed by atoms with Gasteiger partial charge in [-0.2, -0.15) is 5.10 Å². The molecular formula is C35H50N4O4. The molecule has 2 aromatic heterocycles. The molecular weight excluding hydrogens is 540 g/mol. The number of methoxy groups -OCH3 is 2. The van der Waals surface area contributed by atoms with Crippen molar-refractivity contribution in [2.75, 3.05) is 71.7 Å². The molecule has 43 heavy (non-hydrogen) atoms. The second-order valence-electron chi connectivity index (χ2n) is 12.6. The molecule has 0 amide bonds. The number of aryl methyl sites for hydroxylation is 1. The van der Waals surface area contributed by atoms with E-state index < -0.39 is 0 Å². The summed E-state index contributed by atoms with van der Waals surface area (Å²) >= 11 is 0. The number of nitrogens with zero attached hydrogens (tertiary/aromatic N) is 4. The Labute approximate surface area is 257 Å². The molecule has 234 valence electrons. The second-order valence-corrected chi connectivity index (χ2v) is 12.6. The maximum atomic E-state index is 6.11. The highest BCUT2D eigenvalue weighted by Gasteiger charge is 2.30. The largest absolute Gasteiger partial charge is 0.496 e. The van der Waals surface area contributed by atoms with E-state index in [9.17, 15) is 0 Å². The summed E-state index contributed by atoms with van der Waals surface area (Å²) in [7, 11) is 3.47. The van der Waals surface area contributed by atoms with Crippen molar-refractivity contribution in [2.45, 2.75) is 64.9 Å². The van der Waals surface area contributed by atoms with Gasteiger partial charge in [0, 0.05) is 32.8 Å². The van der Waals surface area contributed by atoms with E-state index in [0.29, 0.717) is 12.5 Å². The van der Waals surface area contributed by atoms with Crippen molar-refractivity contribution in [1.82, 2.24) is 14.5 Å². The lowest BCUT2D eigenvalue weighted by Crippen LogP contribution is -2.34. The highest BCUT2D eigenvalue weighted by Crippen LogP contribution is 2.42. The molecule has 0 unspecified atom stereocenters. The second kappa shape index (κ2) is 14.3. The Hall–Kier alpha value is -2.81. The van der Waals surface area contributed by atoms with Gasteiger partial charge in [0.15, 0.2) is 0 Å². The zero-order valence-electron chi connectivity index (χ0n) is 26.5. The zero-order valence-corrected chi connectivity index (χ0v) is 26.5. The molecule has 8 heteroatoms. The van der Waals surface area contributed by atoms with Crippen LogP contribution in [0, 0.1) is 11.8 Å². The molecule has 1 saturated carbocycles. The van der Waals surface area contributed by atoms with E-state index >= 15 is 0 Å². The SMILES string of the molecule is CCc1nn2c(-c3c(OC)cc(COCCN4CCCCC4)cc3OC)cccc2c1N(CC1CCOCC1)CC1CC1. The van der Waals surface area contributed by atoms with Crippen molar-refractivity contribution in [1.29, 1.82) is 0 Å². The standard InChI is InChI=1S/C35H50N4O4/c1-4-29-35(38(23-26-11-12-26)24-27-13-18-42-19-14-27)31-10-8-9-30(39(31)36-29)34-32(40-2)21-28(22-33(34)41-3)25-43-20-17-37-15-6-5-7-16-37/h8-10,21-22,26-27H,4-7,11-20,23-25H2,1-3H3. The van der Waals surface area contributed by atoms with Crippen molar-refractivity contribution in [3.63, 3.8) is 0 Å². The van der Waals surface area contributed by atoms with Gasteiger partial charge in [0.05, 0.1) is 55.6 Å². The van der Waals surface area contributed by atoms with Crippen LogP contribution in [0.5, 0.6) is 11.5 Å². The monoisotopic (exact) mass is 590 g/mol. The van der Waals surface area contributed by atoms with Crippen molar-refractivity contribution in [3.05, 3.63) is 41.6 Å². The van der Waals surface area contributed by atoms with E-state index in [2.05, 4.69) is 51.6 Å². The fourth-order valence-electron chi connectivity index (χ4n) is 6.85. The Kier molecular flexibility index (Phi) is 10.1. The molecule has 1 aromatic carbocycles. The molecule has 6 rings (SSSR count). The van der Waals surface area contributed by atoms with Crippen LogP contribution in [0.15, 0.2) is 30.3 Å². The molecule has 0 bridgehead atoms. The molecule has 0 radical (unpaired) electrons. The number of rotatable bonds is 14. The molecule has 1 aliphatic carbocycles. The minimum Gasteiger partial charge on any atom is -0.496 e. The zero-order chi connectivity index (χ0) is 29.6. The third-order valence-electron chi connectivity index (χ3n) is 9.44. The van der Waals surface area contributed by atoms with E-state index in [-0.39, 0.29) is 0 Å². The smallest absolute Gasteiger partial charge is 0.132 e. The molecule has 3 aromatic rings. The van der Waals surface area contributed by atoms with Crippen LogP contribution in [0.1, 0.15) is 63.1 Å². The van der Waals surface area contributed by atoms with Gasteiger partial charge in [0.25, 0.3) is 0 Å². The van der Waals surface area contributed by atoms with Crippen LogP contribution in [-0.2, 0) is 22.5 Å². The summed E-state index contributed by atoms with van der Waals surface area (Å²) in [6, 6.07) is 10.7. The van der Waals surface area contributed by atoms with Gasteiger partial charge in [-0.25, -0.2) is 4.52 Å². The third-order valence-corrected chi connectivity index (χ3v) is 9.44. The molecule has 3 fully saturated rings. The molecule has 2 saturated heterocycles. The Morgan fingerprint density at radius 1 is 0.930 bits per heavy atom. The highest BCUT2D eigenvalue weighted by atomic mass is 16.5. The van der Waals surface area contributed by atoms with Crippen molar-refractivity contribution in [3.8, 4) is 22.8 Å². The number of fused-ring (bicyclic) bond motifs is 1. The lowest BCUT2D eigenvalue weighted by molar-refractivity contribution is 0.0682. The molecule has 0 N–H and O–H groups in total. The summed E-state index contributed by atoms with van der Waals surface area (Å²) in [6.07, 6.45) is 9.77. The third kappa shape index (κ3) is 7.13. The number of benzene rings is 1. The Morgan fingerprint density at radius 3 is 2.28 bits per heavy atom. The number of piperidine rings is 1. The summed E-state index contributed by atoms with van der Waals surface area (Å²) in [5.41, 5.74) is 6.53. The van der Waals surface area contributed by atoms with Gasteiger partial charge in [0.1, 0.15) is 11.5 Å². The number of ether oxygens (including phenoxy) is 4. The number of hydrogen-bond acceptors (Lipinski definition) is 7. The van der Waals surface area contributed by atoms with E-state index in [4.69, 9.17) is 24.0 Å². The summed E-state index contributed by atoms with van der Waals surface area (Å²) in [5.74, 6) is 2.99. The van der Waals surface area contributed by atoms with Crippen molar-refractivity contribution < 1.29 is 18.9 Å². The maximum absolute atomic E-state index is 6.11. The van der Waals surface area contributed by atoms with Crippen LogP contribution in [0.4, 0.5) is 5.69 Å². The van der Waals surface area contributed by atoms with Crippen LogP contribution in [0.2, 0.25) is 0 Å². The fourth-order valence-corrected chi connectivity index (χ4v) is 6.85. The average Bonchev–Trinajstić information content (AvgIpc) is 3.79. The Bertz CT molecular complexity index is 1320. The number of hydrogen-bond donors (Lipinski definition) is 0. The highest BCUT2D eigenvalue weighted by molar-refractivity contribution is 5.82. The number of anilines is 1. The van der Waals surface area contributed by atoms with E-state index in [1.165, 1.54) is 50.9 Å². The molecule has 4 heterocycles. The van der Waals surface area contributed by atoms with E-state index in [1.807, 2.05) is 0 Å². The number of likely N-dealkylation sites (tertiary alicyclic amines) is 1. The minimum absolute atomic E-state index is 0.527. The normalized spacial score (nSPS) is 18.3. The van der Waals surface area contributed by atoms with Crippen LogP contribution >= 0.6 is 0 Å². The van der Waals surface area contributed by atoms with Crippen LogP contribution in [-0.4, -0.2) is 81.3 Å². The van der Waals surface area contributed by atoms with E-state index in [1.54, 1.807) is 14.2 Å². The summed E-state index contributed by atoms with van der Waals surface area (Å²) in [4.78, 5) is 5.16. The fraction of sp³-hybridized carbons (Fsp3) is 0.629. The lowest BCUT2D eigenvalue weighted by Gasteiger charge is -2.31. The van der Waals surface area contributed by atoms with Gasteiger partial charge in [-0.05, 0) is 99.7 Å². The van der Waals surface area contributed by atoms with E-state index in [0.717, 1.165) is 104 Å². The molecule has 0 spiro atoms. The minimum atomic E-state index is 0.527. The maximum Gasteiger partial charge on any atom is 0.132 e. The first-order valence-corrected chi connectivity index (χ1v) is 16.6. The lowest BCUT2D eigenvalue weighted by atomic mass is 9.99. The van der Waals surface area contributed by atoms with Crippen molar-refractivity contribution in [2.24, 2.45) is 11.8 Å². The first-order valence-electron chi connectivity index (χ1n) is 16.6. The molecule has 3 aliphatic rings. The average molecular weight is 591 g/mol. The summed E-state index contributed by atoms with van der Waals surface area (Å²) < 4.78 is 25.9. The Morgan fingerprint density at radius 2 is 1.63 bits per heavy atom. The number of aromatic nitrogens is 2. The Balaban J connectivity index is 1.29. The van der Waals surface area contributed by atoms with Gasteiger partial charge in [-0.15, -0.1) is 0 Å². The van der Waals surface area contributed by atoms with Crippen LogP contribution in [0.3, 0.4) is 0 Å². The van der Waals surface area contributed by atoms with Gasteiger partial charge in [0.2, 0.25) is 0 Å². The first-order chi connectivity index (χ1) is 21.2. The first kappa shape index (κ1) is 30.2. The van der Waals surface area contributed by atoms with Gasteiger partial charge >= 0.3 is 0 Å². The van der Waals surface area contributed by atoms with Crippen LogP contribution < -0.4 is 14.4 Å². The summed E-state index contributed by atoms with van der Waals surface area (Å²) in [6.45, 7) is 10.8. The van der Waals surface area contributed by atoms with Gasteiger partial charge in [-0.3, -0.25) is 0 Å². The molecule has 2 aliphatic heterocycles.